The van der Waals surface area contributed by atoms with Crippen molar-refractivity contribution in [2.75, 3.05) is 24.4 Å². The lowest BCUT2D eigenvalue weighted by molar-refractivity contribution is 0.0589. The molecule has 0 saturated heterocycles. The average molecular weight is 590 g/mol. The molecular formula is C29H31N7O7. The summed E-state index contributed by atoms with van der Waals surface area (Å²) in [5, 5.41) is 7.01. The van der Waals surface area contributed by atoms with Gasteiger partial charge in [0, 0.05) is 45.7 Å². The molecular weight excluding hydrogens is 558 g/mol. The van der Waals surface area contributed by atoms with Gasteiger partial charge in [-0.05, 0) is 51.8 Å². The molecule has 0 aliphatic heterocycles. The van der Waals surface area contributed by atoms with Gasteiger partial charge in [-0.25, -0.2) is 14.8 Å². The fraction of sp³-hybridized carbons (Fsp3) is 0.345. The van der Waals surface area contributed by atoms with E-state index in [0.717, 1.165) is 6.42 Å². The van der Waals surface area contributed by atoms with Gasteiger partial charge in [0.05, 0.1) is 23.2 Å². The van der Waals surface area contributed by atoms with Crippen LogP contribution in [0, 0.1) is 0 Å². The van der Waals surface area contributed by atoms with E-state index in [1.807, 2.05) is 0 Å². The Labute approximate surface area is 245 Å². The molecule has 1 saturated carbocycles. The third kappa shape index (κ3) is 5.95. The van der Waals surface area contributed by atoms with E-state index in [1.54, 1.807) is 53.3 Å². The number of carbonyl (C=O) groups excluding carboxylic acids is 2. The standard InChI is InChI=1S/C29H31N7O7/c1-29(2,3)42-28(40)35(5)19-15-21(30-18-8-7-12-36(27(18)39)16-11-13-34(4)22(37)14-16)32-24-23(19)33-43-25(24)26(38)31-17-9-10-20(17)41-6/h7-8,11-15,20H,9-10H2,1-6H3,(H,30,32)/t20-/m1/s1. The number of pyridine rings is 3. The molecule has 4 aromatic heterocycles. The van der Waals surface area contributed by atoms with Gasteiger partial charge in [0.25, 0.3) is 16.9 Å². The third-order valence-corrected chi connectivity index (χ3v) is 6.78. The number of ether oxygens (including phenoxy) is 2. The molecule has 224 valence electrons. The molecule has 14 heteroatoms. The highest BCUT2D eigenvalue weighted by Crippen LogP contribution is 2.32. The summed E-state index contributed by atoms with van der Waals surface area (Å²) in [6, 6.07) is 7.63. The van der Waals surface area contributed by atoms with Gasteiger partial charge >= 0.3 is 12.0 Å². The average Bonchev–Trinajstić information content (AvgIpc) is 3.36. The first-order valence-corrected chi connectivity index (χ1v) is 13.4. The minimum Gasteiger partial charge on any atom is -0.443 e. The monoisotopic (exact) mass is 589 g/mol. The zero-order valence-electron chi connectivity index (χ0n) is 24.6. The number of nitrogens with zero attached hydrogens (tertiary/aromatic N) is 6. The molecule has 0 radical (unpaired) electrons. The van der Waals surface area contributed by atoms with Crippen LogP contribution in [0.3, 0.4) is 0 Å². The molecule has 0 bridgehead atoms. The Morgan fingerprint density at radius 2 is 1.93 bits per heavy atom. The van der Waals surface area contributed by atoms with Crippen molar-refractivity contribution in [3.63, 3.8) is 0 Å². The van der Waals surface area contributed by atoms with Crippen LogP contribution in [0.15, 0.2) is 61.8 Å². The highest BCUT2D eigenvalue weighted by molar-refractivity contribution is 6.12. The van der Waals surface area contributed by atoms with E-state index < -0.39 is 23.2 Å². The number of anilines is 3. The van der Waals surface area contributed by atoms with Crippen LogP contribution in [-0.2, 0) is 16.5 Å². The van der Waals surface area contributed by atoms with Crippen molar-refractivity contribution in [3.8, 4) is 5.69 Å². The van der Waals surface area contributed by atoms with Gasteiger partial charge in [0.2, 0.25) is 0 Å². The van der Waals surface area contributed by atoms with Crippen molar-refractivity contribution in [3.05, 3.63) is 69.2 Å². The Hall–Kier alpha value is -5.11. The summed E-state index contributed by atoms with van der Waals surface area (Å²) in [4.78, 5) is 61.6. The van der Waals surface area contributed by atoms with Gasteiger partial charge in [0.1, 0.15) is 22.6 Å². The summed E-state index contributed by atoms with van der Waals surface area (Å²) in [7, 11) is 4.63. The summed E-state index contributed by atoms with van der Waals surface area (Å²) in [6.45, 7) is 5.20. The maximum atomic E-state index is 13.4. The quantitative estimate of drug-likeness (QED) is 0.352. The lowest BCUT2D eigenvalue weighted by atomic mass is 9.93. The van der Waals surface area contributed by atoms with Crippen LogP contribution in [0.5, 0.6) is 0 Å². The van der Waals surface area contributed by atoms with Crippen LogP contribution in [-0.4, -0.2) is 62.8 Å². The van der Waals surface area contributed by atoms with E-state index in [0.29, 0.717) is 17.8 Å². The molecule has 4 aromatic rings. The lowest BCUT2D eigenvalue weighted by Gasteiger charge is -2.26. The van der Waals surface area contributed by atoms with Gasteiger partial charge in [0.15, 0.2) is 5.52 Å². The third-order valence-electron chi connectivity index (χ3n) is 6.78. The van der Waals surface area contributed by atoms with Gasteiger partial charge < -0.3 is 23.9 Å². The number of aliphatic imine (C=N–C) groups is 1. The van der Waals surface area contributed by atoms with E-state index in [2.05, 4.69) is 20.4 Å². The summed E-state index contributed by atoms with van der Waals surface area (Å²) in [5.74, 6) is -0.833. The SMILES string of the molecule is CO[C@@H]1CCC1=NC(=O)c1onc2c(N(C)C(=O)OC(C)(C)C)cc(Nc3cccn(-c4ccn(C)c(=O)c4)c3=O)nc12. The number of aryl methyl sites for hydroxylation is 1. The topological polar surface area (TPSA) is 163 Å². The smallest absolute Gasteiger partial charge is 0.414 e. The summed E-state index contributed by atoms with van der Waals surface area (Å²) in [5.41, 5.74) is -0.111. The van der Waals surface area contributed by atoms with E-state index in [4.69, 9.17) is 14.0 Å². The Kier molecular flexibility index (Phi) is 7.71. The number of amides is 2. The maximum absolute atomic E-state index is 13.4. The molecule has 2 amide bonds. The number of nitrogens with one attached hydrogen (secondary N) is 1. The number of hydrogen-bond acceptors (Lipinski definition) is 10. The van der Waals surface area contributed by atoms with Crippen molar-refractivity contribution < 1.29 is 23.6 Å². The van der Waals surface area contributed by atoms with Crippen molar-refractivity contribution in [1.29, 1.82) is 0 Å². The number of rotatable bonds is 6. The molecule has 0 aromatic carbocycles. The molecule has 0 unspecified atom stereocenters. The Morgan fingerprint density at radius 3 is 2.58 bits per heavy atom. The Morgan fingerprint density at radius 1 is 1.16 bits per heavy atom. The van der Waals surface area contributed by atoms with Gasteiger partial charge in [-0.15, -0.1) is 0 Å². The first-order valence-electron chi connectivity index (χ1n) is 13.4. The fourth-order valence-electron chi connectivity index (χ4n) is 4.37. The van der Waals surface area contributed by atoms with E-state index in [-0.39, 0.29) is 45.6 Å². The van der Waals surface area contributed by atoms with Crippen LogP contribution in [0.1, 0.15) is 44.2 Å². The lowest BCUT2D eigenvalue weighted by Crippen LogP contribution is -2.34. The highest BCUT2D eigenvalue weighted by atomic mass is 16.6. The van der Waals surface area contributed by atoms with Crippen LogP contribution < -0.4 is 21.3 Å². The van der Waals surface area contributed by atoms with Crippen LogP contribution in [0.25, 0.3) is 16.7 Å². The summed E-state index contributed by atoms with van der Waals surface area (Å²) < 4.78 is 18.9. The first-order chi connectivity index (χ1) is 20.4. The van der Waals surface area contributed by atoms with E-state index in [9.17, 15) is 19.2 Å². The normalized spacial score (nSPS) is 15.8. The number of carbonyl (C=O) groups is 2. The maximum Gasteiger partial charge on any atom is 0.414 e. The van der Waals surface area contributed by atoms with Crippen molar-refractivity contribution in [1.82, 2.24) is 19.3 Å². The number of hydrogen-bond donors (Lipinski definition) is 1. The van der Waals surface area contributed by atoms with E-state index >= 15 is 0 Å². The molecule has 0 spiro atoms. The fourth-order valence-corrected chi connectivity index (χ4v) is 4.37. The largest absolute Gasteiger partial charge is 0.443 e. The molecule has 1 fully saturated rings. The summed E-state index contributed by atoms with van der Waals surface area (Å²) >= 11 is 0. The molecule has 1 atom stereocenters. The van der Waals surface area contributed by atoms with Gasteiger partial charge in [-0.2, -0.15) is 0 Å². The second-order valence-corrected chi connectivity index (χ2v) is 11.0. The molecule has 1 aliphatic rings. The Bertz CT molecular complexity index is 1880. The Balaban J connectivity index is 1.59. The molecule has 5 rings (SSSR count). The zero-order chi connectivity index (χ0) is 31.1. The van der Waals surface area contributed by atoms with Gasteiger partial charge in [-0.1, -0.05) is 5.16 Å². The minimum atomic E-state index is -0.784. The van der Waals surface area contributed by atoms with Crippen molar-refractivity contribution in [2.24, 2.45) is 12.0 Å². The summed E-state index contributed by atoms with van der Waals surface area (Å²) in [6.07, 6.45) is 3.52. The number of fused-ring (bicyclic) bond motifs is 1. The molecule has 4 heterocycles. The second-order valence-electron chi connectivity index (χ2n) is 11.0. The number of aromatic nitrogens is 4. The molecule has 14 nitrogen and oxygen atoms in total. The predicted molar refractivity (Wildman–Crippen MR) is 159 cm³/mol. The minimum absolute atomic E-state index is 0.0286. The highest BCUT2D eigenvalue weighted by Gasteiger charge is 2.30. The molecule has 1 N–H and O–H groups in total. The van der Waals surface area contributed by atoms with E-state index in [1.165, 1.54) is 45.5 Å². The van der Waals surface area contributed by atoms with Crippen LogP contribution >= 0.6 is 0 Å². The second kappa shape index (κ2) is 11.3. The molecule has 43 heavy (non-hydrogen) atoms. The zero-order valence-corrected chi connectivity index (χ0v) is 24.6. The van der Waals surface area contributed by atoms with Gasteiger partial charge in [-0.3, -0.25) is 23.9 Å². The van der Waals surface area contributed by atoms with Crippen molar-refractivity contribution >= 4 is 45.9 Å². The van der Waals surface area contributed by atoms with Crippen molar-refractivity contribution in [2.45, 2.75) is 45.3 Å². The molecule has 1 aliphatic carbocycles. The van der Waals surface area contributed by atoms with Crippen LogP contribution in [0.4, 0.5) is 22.0 Å². The van der Waals surface area contributed by atoms with Crippen LogP contribution in [0.2, 0.25) is 0 Å². The number of methoxy groups -OCH3 is 1. The first kappa shape index (κ1) is 29.4. The predicted octanol–water partition coefficient (Wildman–Crippen LogP) is 3.58.